The van der Waals surface area contributed by atoms with Crippen LogP contribution in [0.1, 0.15) is 25.3 Å². The molecule has 2 aromatic rings. The molecule has 0 aliphatic heterocycles. The molecule has 0 unspecified atom stereocenters. The predicted octanol–water partition coefficient (Wildman–Crippen LogP) is 4.50. The fraction of sp³-hybridized carbons (Fsp3) is 0.400. The lowest BCUT2D eigenvalue weighted by Gasteiger charge is -2.13. The van der Waals surface area contributed by atoms with Gasteiger partial charge in [0.1, 0.15) is 18.1 Å². The number of ether oxygens (including phenoxy) is 3. The van der Waals surface area contributed by atoms with E-state index < -0.39 is 0 Å². The molecule has 0 saturated heterocycles. The highest BCUT2D eigenvalue weighted by molar-refractivity contribution is 5.56. The van der Waals surface area contributed by atoms with Crippen molar-refractivity contribution in [3.63, 3.8) is 0 Å². The highest BCUT2D eigenvalue weighted by Gasteiger charge is 2.03. The van der Waals surface area contributed by atoms with Crippen molar-refractivity contribution in [2.45, 2.75) is 26.3 Å². The molecule has 1 N–H and O–H groups in total. The van der Waals surface area contributed by atoms with Crippen LogP contribution in [0.25, 0.3) is 0 Å². The van der Waals surface area contributed by atoms with Gasteiger partial charge in [0.05, 0.1) is 18.9 Å². The monoisotopic (exact) mass is 329 g/mol. The van der Waals surface area contributed by atoms with E-state index in [0.29, 0.717) is 13.2 Å². The lowest BCUT2D eigenvalue weighted by atomic mass is 10.2. The SMILES string of the molecule is CCCCOc1ccccc1NCc1ccc(OCCOC)cc1. The summed E-state index contributed by atoms with van der Waals surface area (Å²) in [5.74, 6) is 1.77. The molecule has 0 atom stereocenters. The molecule has 0 aliphatic rings. The van der Waals surface area contributed by atoms with Gasteiger partial charge < -0.3 is 19.5 Å². The van der Waals surface area contributed by atoms with E-state index in [2.05, 4.69) is 24.4 Å². The summed E-state index contributed by atoms with van der Waals surface area (Å²) in [5.41, 5.74) is 2.21. The number of benzene rings is 2. The van der Waals surface area contributed by atoms with E-state index >= 15 is 0 Å². The van der Waals surface area contributed by atoms with Gasteiger partial charge in [0.15, 0.2) is 0 Å². The zero-order valence-electron chi connectivity index (χ0n) is 14.6. The van der Waals surface area contributed by atoms with Gasteiger partial charge in [-0.3, -0.25) is 0 Å². The highest BCUT2D eigenvalue weighted by atomic mass is 16.5. The fourth-order valence-corrected chi connectivity index (χ4v) is 2.21. The molecule has 0 fully saturated rings. The fourth-order valence-electron chi connectivity index (χ4n) is 2.21. The minimum Gasteiger partial charge on any atom is -0.491 e. The molecule has 0 radical (unpaired) electrons. The second-order valence-electron chi connectivity index (χ2n) is 5.54. The van der Waals surface area contributed by atoms with Crippen molar-refractivity contribution in [1.29, 1.82) is 0 Å². The van der Waals surface area contributed by atoms with Crippen LogP contribution in [0.4, 0.5) is 5.69 Å². The Morgan fingerprint density at radius 1 is 0.875 bits per heavy atom. The van der Waals surface area contributed by atoms with Crippen LogP contribution in [-0.4, -0.2) is 26.9 Å². The maximum absolute atomic E-state index is 5.85. The molecule has 0 spiro atoms. The van der Waals surface area contributed by atoms with Gasteiger partial charge in [-0.1, -0.05) is 37.6 Å². The van der Waals surface area contributed by atoms with Gasteiger partial charge in [-0.15, -0.1) is 0 Å². The first-order valence-electron chi connectivity index (χ1n) is 8.50. The van der Waals surface area contributed by atoms with Crippen LogP contribution in [-0.2, 0) is 11.3 Å². The summed E-state index contributed by atoms with van der Waals surface area (Å²) in [6.07, 6.45) is 2.20. The third-order valence-corrected chi connectivity index (χ3v) is 3.61. The topological polar surface area (TPSA) is 39.7 Å². The van der Waals surface area contributed by atoms with Crippen LogP contribution in [0.5, 0.6) is 11.5 Å². The molecule has 0 amide bonds. The number of hydrogen-bond acceptors (Lipinski definition) is 4. The van der Waals surface area contributed by atoms with Crippen LogP contribution >= 0.6 is 0 Å². The largest absolute Gasteiger partial charge is 0.491 e. The van der Waals surface area contributed by atoms with Crippen molar-refractivity contribution < 1.29 is 14.2 Å². The molecule has 2 aromatic carbocycles. The van der Waals surface area contributed by atoms with E-state index in [4.69, 9.17) is 14.2 Å². The number of para-hydroxylation sites is 2. The number of methoxy groups -OCH3 is 1. The number of rotatable bonds is 11. The summed E-state index contributed by atoms with van der Waals surface area (Å²) in [6, 6.07) is 16.2. The van der Waals surface area contributed by atoms with Crippen LogP contribution in [0, 0.1) is 0 Å². The lowest BCUT2D eigenvalue weighted by Crippen LogP contribution is -2.05. The van der Waals surface area contributed by atoms with Gasteiger partial charge in [0.2, 0.25) is 0 Å². The summed E-state index contributed by atoms with van der Waals surface area (Å²) in [4.78, 5) is 0. The molecule has 0 bridgehead atoms. The first-order chi connectivity index (χ1) is 11.8. The Balaban J connectivity index is 1.86. The van der Waals surface area contributed by atoms with Gasteiger partial charge in [0.25, 0.3) is 0 Å². The quantitative estimate of drug-likeness (QED) is 0.616. The first-order valence-corrected chi connectivity index (χ1v) is 8.50. The molecule has 0 heterocycles. The lowest BCUT2D eigenvalue weighted by molar-refractivity contribution is 0.146. The van der Waals surface area contributed by atoms with Gasteiger partial charge in [0, 0.05) is 13.7 Å². The Hall–Kier alpha value is -2.20. The predicted molar refractivity (Wildman–Crippen MR) is 98.0 cm³/mol. The van der Waals surface area contributed by atoms with E-state index in [0.717, 1.165) is 43.2 Å². The van der Waals surface area contributed by atoms with E-state index in [9.17, 15) is 0 Å². The second-order valence-corrected chi connectivity index (χ2v) is 5.54. The summed E-state index contributed by atoms with van der Waals surface area (Å²) in [5, 5.41) is 3.44. The summed E-state index contributed by atoms with van der Waals surface area (Å²) < 4.78 is 16.4. The van der Waals surface area contributed by atoms with Crippen LogP contribution in [0.3, 0.4) is 0 Å². The highest BCUT2D eigenvalue weighted by Crippen LogP contribution is 2.25. The molecule has 0 saturated carbocycles. The molecule has 130 valence electrons. The summed E-state index contributed by atoms with van der Waals surface area (Å²) in [7, 11) is 1.67. The Bertz CT molecular complexity index is 584. The number of nitrogens with one attached hydrogen (secondary N) is 1. The molecule has 2 rings (SSSR count). The second kappa shape index (κ2) is 10.6. The van der Waals surface area contributed by atoms with E-state index in [1.54, 1.807) is 7.11 Å². The Labute approximate surface area is 144 Å². The zero-order valence-corrected chi connectivity index (χ0v) is 14.6. The van der Waals surface area contributed by atoms with Gasteiger partial charge in [-0.2, -0.15) is 0 Å². The number of anilines is 1. The average Bonchev–Trinajstić information content (AvgIpc) is 2.62. The van der Waals surface area contributed by atoms with E-state index in [1.807, 2.05) is 36.4 Å². The molecule has 0 aromatic heterocycles. The van der Waals surface area contributed by atoms with Gasteiger partial charge in [-0.05, 0) is 36.2 Å². The molecular weight excluding hydrogens is 302 g/mol. The van der Waals surface area contributed by atoms with Gasteiger partial charge in [-0.25, -0.2) is 0 Å². The number of hydrogen-bond donors (Lipinski definition) is 1. The molecule has 4 heteroatoms. The van der Waals surface area contributed by atoms with Crippen molar-refractivity contribution in [2.75, 3.05) is 32.2 Å². The maximum atomic E-state index is 5.85. The average molecular weight is 329 g/mol. The molecular formula is C20H27NO3. The Morgan fingerprint density at radius 2 is 1.67 bits per heavy atom. The third kappa shape index (κ3) is 6.13. The van der Waals surface area contributed by atoms with Crippen molar-refractivity contribution in [3.8, 4) is 11.5 Å². The van der Waals surface area contributed by atoms with Crippen molar-refractivity contribution in [1.82, 2.24) is 0 Å². The van der Waals surface area contributed by atoms with Gasteiger partial charge >= 0.3 is 0 Å². The zero-order chi connectivity index (χ0) is 17.0. The first kappa shape index (κ1) is 18.1. The summed E-state index contributed by atoms with van der Waals surface area (Å²) in [6.45, 7) is 4.82. The standard InChI is InChI=1S/C20H27NO3/c1-3-4-13-24-20-8-6-5-7-19(20)21-16-17-9-11-18(12-10-17)23-15-14-22-2/h5-12,21H,3-4,13-16H2,1-2H3. The smallest absolute Gasteiger partial charge is 0.142 e. The minimum absolute atomic E-state index is 0.566. The Kier molecular flexibility index (Phi) is 7.98. The van der Waals surface area contributed by atoms with E-state index in [1.165, 1.54) is 5.56 Å². The van der Waals surface area contributed by atoms with Crippen LogP contribution in [0.2, 0.25) is 0 Å². The molecule has 24 heavy (non-hydrogen) atoms. The van der Waals surface area contributed by atoms with Crippen molar-refractivity contribution in [2.24, 2.45) is 0 Å². The summed E-state index contributed by atoms with van der Waals surface area (Å²) >= 11 is 0. The van der Waals surface area contributed by atoms with E-state index in [-0.39, 0.29) is 0 Å². The van der Waals surface area contributed by atoms with Crippen LogP contribution < -0.4 is 14.8 Å². The van der Waals surface area contributed by atoms with Crippen LogP contribution in [0.15, 0.2) is 48.5 Å². The maximum Gasteiger partial charge on any atom is 0.142 e. The Morgan fingerprint density at radius 3 is 2.42 bits per heavy atom. The number of unbranched alkanes of at least 4 members (excludes halogenated alkanes) is 1. The molecule has 4 nitrogen and oxygen atoms in total. The van der Waals surface area contributed by atoms with Crippen molar-refractivity contribution >= 4 is 5.69 Å². The molecule has 0 aliphatic carbocycles. The minimum atomic E-state index is 0.566. The third-order valence-electron chi connectivity index (χ3n) is 3.61. The normalized spacial score (nSPS) is 10.4. The van der Waals surface area contributed by atoms with Crippen molar-refractivity contribution in [3.05, 3.63) is 54.1 Å².